The Bertz CT molecular complexity index is 1330. The Labute approximate surface area is 221 Å². The third-order valence-electron chi connectivity index (χ3n) is 6.34. The minimum absolute atomic E-state index is 0.0288. The molecule has 0 aromatic heterocycles. The average molecular weight is 521 g/mol. The SMILES string of the molecule is Cc1ccc(CN(Cc2ccc(OC(F)(F)F)cc2)C(=O)CCNCCc2cccc3ccccc23)cc1. The molecular formula is C31H31F3N2O2. The van der Waals surface area contributed by atoms with Crippen molar-refractivity contribution < 1.29 is 22.7 Å². The Morgan fingerprint density at radius 1 is 0.816 bits per heavy atom. The number of carbonyl (C=O) groups is 1. The molecule has 0 saturated heterocycles. The van der Waals surface area contributed by atoms with Crippen molar-refractivity contribution in [2.45, 2.75) is 39.2 Å². The summed E-state index contributed by atoms with van der Waals surface area (Å²) < 4.78 is 41.4. The Kier molecular flexibility index (Phi) is 9.02. The molecule has 0 aliphatic rings. The molecule has 1 N–H and O–H groups in total. The highest BCUT2D eigenvalue weighted by atomic mass is 19.4. The maximum Gasteiger partial charge on any atom is 0.573 e. The average Bonchev–Trinajstić information content (AvgIpc) is 2.89. The number of nitrogens with zero attached hydrogens (tertiary/aromatic N) is 1. The lowest BCUT2D eigenvalue weighted by molar-refractivity contribution is -0.274. The van der Waals surface area contributed by atoms with Crippen LogP contribution in [0.15, 0.2) is 91.0 Å². The molecule has 0 radical (unpaired) electrons. The van der Waals surface area contributed by atoms with Gasteiger partial charge in [-0.1, -0.05) is 84.4 Å². The fourth-order valence-corrected chi connectivity index (χ4v) is 4.38. The van der Waals surface area contributed by atoms with E-state index in [9.17, 15) is 18.0 Å². The zero-order valence-corrected chi connectivity index (χ0v) is 21.3. The second-order valence-corrected chi connectivity index (χ2v) is 9.32. The summed E-state index contributed by atoms with van der Waals surface area (Å²) in [6.45, 7) is 3.98. The van der Waals surface area contributed by atoms with Gasteiger partial charge in [0.25, 0.3) is 0 Å². The van der Waals surface area contributed by atoms with Crippen molar-refractivity contribution in [3.63, 3.8) is 0 Å². The quantitative estimate of drug-likeness (QED) is 0.221. The van der Waals surface area contributed by atoms with Crippen molar-refractivity contribution in [1.82, 2.24) is 10.2 Å². The van der Waals surface area contributed by atoms with E-state index in [2.05, 4.69) is 40.4 Å². The van der Waals surface area contributed by atoms with Gasteiger partial charge in [0.1, 0.15) is 5.75 Å². The highest BCUT2D eigenvalue weighted by Gasteiger charge is 2.31. The summed E-state index contributed by atoms with van der Waals surface area (Å²) in [5.74, 6) is -0.313. The number of rotatable bonds is 11. The number of hydrogen-bond acceptors (Lipinski definition) is 3. The van der Waals surface area contributed by atoms with Crippen molar-refractivity contribution in [3.8, 4) is 5.75 Å². The summed E-state index contributed by atoms with van der Waals surface area (Å²) in [6.07, 6.45) is -3.57. The van der Waals surface area contributed by atoms with Gasteiger partial charge < -0.3 is 15.0 Å². The van der Waals surface area contributed by atoms with E-state index >= 15 is 0 Å². The fourth-order valence-electron chi connectivity index (χ4n) is 4.38. The van der Waals surface area contributed by atoms with Crippen LogP contribution in [-0.4, -0.2) is 30.3 Å². The molecule has 0 fully saturated rings. The van der Waals surface area contributed by atoms with Crippen LogP contribution in [0.3, 0.4) is 0 Å². The third-order valence-corrected chi connectivity index (χ3v) is 6.34. The minimum Gasteiger partial charge on any atom is -0.406 e. The topological polar surface area (TPSA) is 41.6 Å². The predicted octanol–water partition coefficient (Wildman–Crippen LogP) is 6.80. The molecule has 38 heavy (non-hydrogen) atoms. The van der Waals surface area contributed by atoms with Crippen LogP contribution in [0.25, 0.3) is 10.8 Å². The van der Waals surface area contributed by atoms with E-state index in [-0.39, 0.29) is 18.2 Å². The highest BCUT2D eigenvalue weighted by Crippen LogP contribution is 2.23. The fraction of sp³-hybridized carbons (Fsp3) is 0.258. The lowest BCUT2D eigenvalue weighted by Crippen LogP contribution is -2.33. The van der Waals surface area contributed by atoms with Gasteiger partial charge in [0.2, 0.25) is 5.91 Å². The largest absolute Gasteiger partial charge is 0.573 e. The molecule has 1 amide bonds. The second kappa shape index (κ2) is 12.6. The molecule has 0 spiro atoms. The van der Waals surface area contributed by atoms with Crippen molar-refractivity contribution in [2.24, 2.45) is 0 Å². The van der Waals surface area contributed by atoms with Gasteiger partial charge in [0.15, 0.2) is 0 Å². The third kappa shape index (κ3) is 8.08. The molecule has 4 rings (SSSR count). The van der Waals surface area contributed by atoms with Gasteiger partial charge >= 0.3 is 6.36 Å². The van der Waals surface area contributed by atoms with Crippen LogP contribution < -0.4 is 10.1 Å². The molecule has 4 nitrogen and oxygen atoms in total. The maximum atomic E-state index is 13.2. The Morgan fingerprint density at radius 3 is 2.13 bits per heavy atom. The number of aryl methyl sites for hydroxylation is 1. The zero-order chi connectivity index (χ0) is 27.0. The van der Waals surface area contributed by atoms with Crippen LogP contribution in [0.5, 0.6) is 5.75 Å². The van der Waals surface area contributed by atoms with Crippen LogP contribution in [0, 0.1) is 6.92 Å². The minimum atomic E-state index is -4.74. The van der Waals surface area contributed by atoms with E-state index in [0.717, 1.165) is 29.7 Å². The number of hydrogen-bond donors (Lipinski definition) is 1. The van der Waals surface area contributed by atoms with E-state index in [4.69, 9.17) is 0 Å². The first-order valence-electron chi connectivity index (χ1n) is 12.6. The van der Waals surface area contributed by atoms with Crippen LogP contribution in [-0.2, 0) is 24.3 Å². The van der Waals surface area contributed by atoms with Crippen molar-refractivity contribution >= 4 is 16.7 Å². The van der Waals surface area contributed by atoms with Crippen molar-refractivity contribution in [2.75, 3.05) is 13.1 Å². The van der Waals surface area contributed by atoms with Gasteiger partial charge in [-0.25, -0.2) is 0 Å². The Morgan fingerprint density at radius 2 is 1.45 bits per heavy atom. The number of fused-ring (bicyclic) bond motifs is 1. The van der Waals surface area contributed by atoms with Gasteiger partial charge in [-0.05, 0) is 59.5 Å². The van der Waals surface area contributed by atoms with Gasteiger partial charge in [-0.2, -0.15) is 0 Å². The smallest absolute Gasteiger partial charge is 0.406 e. The maximum absolute atomic E-state index is 13.2. The summed E-state index contributed by atoms with van der Waals surface area (Å²) in [6, 6.07) is 28.2. The van der Waals surface area contributed by atoms with E-state index in [1.165, 1.54) is 28.5 Å². The van der Waals surface area contributed by atoms with E-state index < -0.39 is 6.36 Å². The Hall–Kier alpha value is -3.84. The summed E-state index contributed by atoms with van der Waals surface area (Å²) >= 11 is 0. The molecule has 0 heterocycles. The standard InChI is InChI=1S/C31H31F3N2O2/c1-23-9-11-24(12-10-23)21-36(22-25-13-15-28(16-14-25)38-31(32,33)34)30(37)18-20-35-19-17-27-7-4-6-26-5-2-3-8-29(26)27/h2-16,35H,17-22H2,1H3. The number of ether oxygens (including phenoxy) is 1. The lowest BCUT2D eigenvalue weighted by Gasteiger charge is -2.24. The van der Waals surface area contributed by atoms with Gasteiger partial charge in [0, 0.05) is 26.1 Å². The summed E-state index contributed by atoms with van der Waals surface area (Å²) in [5.41, 5.74) is 4.11. The number of nitrogens with one attached hydrogen (secondary N) is 1. The summed E-state index contributed by atoms with van der Waals surface area (Å²) in [5, 5.41) is 5.83. The van der Waals surface area contributed by atoms with Gasteiger partial charge in [-0.3, -0.25) is 4.79 Å². The molecular weight excluding hydrogens is 489 g/mol. The first-order valence-corrected chi connectivity index (χ1v) is 12.6. The van der Waals surface area contributed by atoms with Gasteiger partial charge in [-0.15, -0.1) is 13.2 Å². The second-order valence-electron chi connectivity index (χ2n) is 9.32. The zero-order valence-electron chi connectivity index (χ0n) is 21.3. The molecule has 0 bridgehead atoms. The first kappa shape index (κ1) is 27.2. The highest BCUT2D eigenvalue weighted by molar-refractivity contribution is 5.85. The monoisotopic (exact) mass is 520 g/mol. The van der Waals surface area contributed by atoms with Crippen molar-refractivity contribution in [1.29, 1.82) is 0 Å². The molecule has 0 atom stereocenters. The number of amides is 1. The number of carbonyl (C=O) groups excluding carboxylic acids is 1. The van der Waals surface area contributed by atoms with Crippen LogP contribution in [0.4, 0.5) is 13.2 Å². The van der Waals surface area contributed by atoms with Crippen LogP contribution in [0.2, 0.25) is 0 Å². The molecule has 198 valence electrons. The van der Waals surface area contributed by atoms with Crippen molar-refractivity contribution in [3.05, 3.63) is 113 Å². The molecule has 0 aliphatic heterocycles. The number of benzene rings is 4. The van der Waals surface area contributed by atoms with Gasteiger partial charge in [0.05, 0.1) is 0 Å². The summed E-state index contributed by atoms with van der Waals surface area (Å²) in [7, 11) is 0. The van der Waals surface area contributed by atoms with Crippen LogP contribution in [0.1, 0.15) is 28.7 Å². The van der Waals surface area contributed by atoms with E-state index in [1.807, 2.05) is 43.3 Å². The molecule has 4 aromatic carbocycles. The molecule has 0 saturated carbocycles. The predicted molar refractivity (Wildman–Crippen MR) is 144 cm³/mol. The molecule has 7 heteroatoms. The lowest BCUT2D eigenvalue weighted by atomic mass is 10.0. The van der Waals surface area contributed by atoms with Crippen LogP contribution >= 0.6 is 0 Å². The molecule has 0 unspecified atom stereocenters. The van der Waals surface area contributed by atoms with E-state index in [1.54, 1.807) is 17.0 Å². The first-order chi connectivity index (χ1) is 18.3. The molecule has 0 aliphatic carbocycles. The van der Waals surface area contributed by atoms with E-state index in [0.29, 0.717) is 19.5 Å². The normalized spacial score (nSPS) is 11.5. The number of halogens is 3. The molecule has 4 aromatic rings. The number of alkyl halides is 3. The Balaban J connectivity index is 1.34. The summed E-state index contributed by atoms with van der Waals surface area (Å²) in [4.78, 5) is 14.9.